The van der Waals surface area contributed by atoms with E-state index < -0.39 is 0 Å². The summed E-state index contributed by atoms with van der Waals surface area (Å²) < 4.78 is 6.29. The van der Waals surface area contributed by atoms with Crippen LogP contribution >= 0.6 is 27.3 Å². The minimum absolute atomic E-state index is 0.210. The normalized spacial score (nSPS) is 10.5. The van der Waals surface area contributed by atoms with Crippen molar-refractivity contribution >= 4 is 33.2 Å². The van der Waals surface area contributed by atoms with Crippen molar-refractivity contribution in [2.45, 2.75) is 26.9 Å². The number of esters is 1. The SMILES string of the molecule is Cc1cc(Br)ccc1CC(=O)OCc1scnc1C. The first kappa shape index (κ1) is 14.2. The van der Waals surface area contributed by atoms with Crippen LogP contribution in [-0.2, 0) is 22.6 Å². The second-order valence-electron chi connectivity index (χ2n) is 4.27. The van der Waals surface area contributed by atoms with Gasteiger partial charge in [-0.1, -0.05) is 22.0 Å². The molecule has 0 unspecified atom stereocenters. The highest BCUT2D eigenvalue weighted by atomic mass is 79.9. The van der Waals surface area contributed by atoms with Gasteiger partial charge in [0, 0.05) is 4.47 Å². The predicted molar refractivity (Wildman–Crippen MR) is 79.2 cm³/mol. The number of benzene rings is 1. The van der Waals surface area contributed by atoms with Crippen molar-refractivity contribution in [2.75, 3.05) is 0 Å². The van der Waals surface area contributed by atoms with E-state index in [9.17, 15) is 4.79 Å². The summed E-state index contributed by atoms with van der Waals surface area (Å²) >= 11 is 4.91. The molecule has 5 heteroatoms. The van der Waals surface area contributed by atoms with E-state index in [1.54, 1.807) is 5.51 Å². The molecular weight excluding hydrogens is 326 g/mol. The first-order valence-electron chi connectivity index (χ1n) is 5.86. The van der Waals surface area contributed by atoms with Gasteiger partial charge in [-0.2, -0.15) is 0 Å². The lowest BCUT2D eigenvalue weighted by molar-refractivity contribution is -0.144. The predicted octanol–water partition coefficient (Wildman–Crippen LogP) is 3.81. The standard InChI is InChI=1S/C14H14BrNO2S/c1-9-5-12(15)4-3-11(9)6-14(17)18-7-13-10(2)16-8-19-13/h3-5,8H,6-7H2,1-2H3. The van der Waals surface area contributed by atoms with Gasteiger partial charge in [-0.25, -0.2) is 4.98 Å². The van der Waals surface area contributed by atoms with E-state index in [-0.39, 0.29) is 5.97 Å². The van der Waals surface area contributed by atoms with Crippen LogP contribution in [-0.4, -0.2) is 11.0 Å². The Balaban J connectivity index is 1.93. The van der Waals surface area contributed by atoms with Crippen molar-refractivity contribution in [1.29, 1.82) is 0 Å². The number of aryl methyl sites for hydroxylation is 2. The second-order valence-corrected chi connectivity index (χ2v) is 6.12. The van der Waals surface area contributed by atoms with E-state index in [4.69, 9.17) is 4.74 Å². The maximum Gasteiger partial charge on any atom is 0.310 e. The molecule has 100 valence electrons. The molecule has 19 heavy (non-hydrogen) atoms. The van der Waals surface area contributed by atoms with Crippen molar-refractivity contribution in [3.8, 4) is 0 Å². The molecule has 0 bridgehead atoms. The number of hydrogen-bond acceptors (Lipinski definition) is 4. The Hall–Kier alpha value is -1.20. The van der Waals surface area contributed by atoms with Crippen LogP contribution in [0.4, 0.5) is 0 Å². The van der Waals surface area contributed by atoms with Gasteiger partial charge in [0.25, 0.3) is 0 Å². The minimum Gasteiger partial charge on any atom is -0.460 e. The van der Waals surface area contributed by atoms with Gasteiger partial charge in [-0.3, -0.25) is 4.79 Å². The number of nitrogens with zero attached hydrogens (tertiary/aromatic N) is 1. The summed E-state index contributed by atoms with van der Waals surface area (Å²) in [4.78, 5) is 16.9. The molecule has 0 saturated heterocycles. The molecule has 1 aromatic carbocycles. The Bertz CT molecular complexity index is 595. The molecular formula is C14H14BrNO2S. The number of halogens is 1. The van der Waals surface area contributed by atoms with Crippen LogP contribution in [0.25, 0.3) is 0 Å². The number of hydrogen-bond donors (Lipinski definition) is 0. The van der Waals surface area contributed by atoms with E-state index >= 15 is 0 Å². The molecule has 0 aliphatic rings. The third kappa shape index (κ3) is 3.88. The minimum atomic E-state index is -0.210. The van der Waals surface area contributed by atoms with E-state index in [0.717, 1.165) is 26.2 Å². The quantitative estimate of drug-likeness (QED) is 0.795. The molecule has 0 radical (unpaired) electrons. The average Bonchev–Trinajstić information content (AvgIpc) is 2.76. The van der Waals surface area contributed by atoms with Gasteiger partial charge in [-0.15, -0.1) is 11.3 Å². The monoisotopic (exact) mass is 339 g/mol. The zero-order valence-corrected chi connectivity index (χ0v) is 13.2. The van der Waals surface area contributed by atoms with Crippen LogP contribution in [0, 0.1) is 13.8 Å². The second kappa shape index (κ2) is 6.30. The molecule has 0 aliphatic heterocycles. The molecule has 0 N–H and O–H groups in total. The summed E-state index contributed by atoms with van der Waals surface area (Å²) in [5.74, 6) is -0.210. The van der Waals surface area contributed by atoms with Crippen molar-refractivity contribution in [1.82, 2.24) is 4.98 Å². The summed E-state index contributed by atoms with van der Waals surface area (Å²) in [7, 11) is 0. The Morgan fingerprint density at radius 2 is 2.21 bits per heavy atom. The first-order chi connectivity index (χ1) is 9.06. The molecule has 2 rings (SSSR count). The van der Waals surface area contributed by atoms with Crippen molar-refractivity contribution in [2.24, 2.45) is 0 Å². The van der Waals surface area contributed by atoms with Crippen LogP contribution in [0.2, 0.25) is 0 Å². The van der Waals surface area contributed by atoms with Gasteiger partial charge in [0.05, 0.1) is 22.5 Å². The van der Waals surface area contributed by atoms with Crippen LogP contribution in [0.3, 0.4) is 0 Å². The zero-order valence-electron chi connectivity index (χ0n) is 10.8. The highest BCUT2D eigenvalue weighted by Crippen LogP contribution is 2.17. The number of thiazole rings is 1. The molecule has 0 aliphatic carbocycles. The van der Waals surface area contributed by atoms with Gasteiger partial charge >= 0.3 is 5.97 Å². The van der Waals surface area contributed by atoms with E-state index in [1.165, 1.54) is 11.3 Å². The van der Waals surface area contributed by atoms with Crippen molar-refractivity contribution < 1.29 is 9.53 Å². The van der Waals surface area contributed by atoms with Crippen LogP contribution in [0.15, 0.2) is 28.2 Å². The Labute approximate surface area is 124 Å². The fourth-order valence-corrected chi connectivity index (χ4v) is 2.84. The molecule has 3 nitrogen and oxygen atoms in total. The molecule has 2 aromatic rings. The third-order valence-corrected chi connectivity index (χ3v) is 4.25. The highest BCUT2D eigenvalue weighted by Gasteiger charge is 2.09. The zero-order chi connectivity index (χ0) is 13.8. The molecule has 0 amide bonds. The van der Waals surface area contributed by atoms with Gasteiger partial charge < -0.3 is 4.74 Å². The van der Waals surface area contributed by atoms with Gasteiger partial charge in [0.15, 0.2) is 0 Å². The van der Waals surface area contributed by atoms with E-state index in [0.29, 0.717) is 13.0 Å². The van der Waals surface area contributed by atoms with E-state index in [2.05, 4.69) is 20.9 Å². The van der Waals surface area contributed by atoms with Gasteiger partial charge in [0.2, 0.25) is 0 Å². The number of aromatic nitrogens is 1. The topological polar surface area (TPSA) is 39.2 Å². The van der Waals surface area contributed by atoms with Crippen molar-refractivity contribution in [3.05, 3.63) is 49.9 Å². The fraction of sp³-hybridized carbons (Fsp3) is 0.286. The largest absolute Gasteiger partial charge is 0.460 e. The molecule has 0 spiro atoms. The van der Waals surface area contributed by atoms with Gasteiger partial charge in [0.1, 0.15) is 6.61 Å². The molecule has 0 fully saturated rings. The Morgan fingerprint density at radius 1 is 1.42 bits per heavy atom. The summed E-state index contributed by atoms with van der Waals surface area (Å²) in [6, 6.07) is 5.87. The maximum atomic E-state index is 11.8. The lowest BCUT2D eigenvalue weighted by Crippen LogP contribution is -2.08. The first-order valence-corrected chi connectivity index (χ1v) is 7.53. The number of rotatable bonds is 4. The summed E-state index contributed by atoms with van der Waals surface area (Å²) in [6.45, 7) is 4.21. The Morgan fingerprint density at radius 3 is 2.84 bits per heavy atom. The molecule has 1 aromatic heterocycles. The van der Waals surface area contributed by atoms with Gasteiger partial charge in [-0.05, 0) is 37.1 Å². The molecule has 0 atom stereocenters. The van der Waals surface area contributed by atoms with Crippen LogP contribution in [0.5, 0.6) is 0 Å². The summed E-state index contributed by atoms with van der Waals surface area (Å²) in [5, 5.41) is 0. The third-order valence-electron chi connectivity index (χ3n) is 2.85. The summed E-state index contributed by atoms with van der Waals surface area (Å²) in [5.41, 5.74) is 4.77. The van der Waals surface area contributed by atoms with E-state index in [1.807, 2.05) is 32.0 Å². The molecule has 1 heterocycles. The highest BCUT2D eigenvalue weighted by molar-refractivity contribution is 9.10. The van der Waals surface area contributed by atoms with Crippen LogP contribution in [0.1, 0.15) is 21.7 Å². The lowest BCUT2D eigenvalue weighted by Gasteiger charge is -2.07. The molecule has 0 saturated carbocycles. The van der Waals surface area contributed by atoms with Crippen molar-refractivity contribution in [3.63, 3.8) is 0 Å². The summed E-state index contributed by atoms with van der Waals surface area (Å²) in [6.07, 6.45) is 0.303. The van der Waals surface area contributed by atoms with Crippen LogP contribution < -0.4 is 0 Å². The smallest absolute Gasteiger partial charge is 0.310 e. The Kier molecular flexibility index (Phi) is 4.71. The fourth-order valence-electron chi connectivity index (χ4n) is 1.67. The number of ether oxygens (including phenoxy) is 1. The number of carbonyl (C=O) groups is 1. The lowest BCUT2D eigenvalue weighted by atomic mass is 10.1. The maximum absolute atomic E-state index is 11.8. The average molecular weight is 340 g/mol. The number of carbonyl (C=O) groups excluding carboxylic acids is 1.